The third kappa shape index (κ3) is 3.85. The molecule has 20 heavy (non-hydrogen) atoms. The molecule has 1 saturated heterocycles. The molecule has 0 spiro atoms. The molecule has 2 rings (SSSR count). The summed E-state index contributed by atoms with van der Waals surface area (Å²) in [7, 11) is 0. The van der Waals surface area contributed by atoms with E-state index in [0.29, 0.717) is 17.6 Å². The molecule has 0 aromatic heterocycles. The molecule has 1 aliphatic heterocycles. The number of hydrogen-bond donors (Lipinski definition) is 0. The van der Waals surface area contributed by atoms with Gasteiger partial charge in [-0.15, -0.1) is 0 Å². The fourth-order valence-electron chi connectivity index (χ4n) is 1.74. The summed E-state index contributed by atoms with van der Waals surface area (Å²) < 4.78 is 25.0. The quantitative estimate of drug-likeness (QED) is 0.822. The summed E-state index contributed by atoms with van der Waals surface area (Å²) in [6.45, 7) is 6.26. The van der Waals surface area contributed by atoms with Crippen molar-refractivity contribution in [2.45, 2.75) is 32.5 Å². The number of likely N-dealkylation sites (tertiary alicyclic amines) is 1. The highest BCUT2D eigenvalue weighted by atomic mass is 79.9. The molecule has 0 radical (unpaired) electrons. The minimum atomic E-state index is -0.513. The first-order chi connectivity index (χ1) is 9.24. The zero-order valence-electron chi connectivity index (χ0n) is 11.7. The van der Waals surface area contributed by atoms with Gasteiger partial charge in [0.2, 0.25) is 0 Å². The molecule has 0 unspecified atom stereocenters. The van der Waals surface area contributed by atoms with Gasteiger partial charge in [-0.3, -0.25) is 0 Å². The molecule has 1 aliphatic rings. The van der Waals surface area contributed by atoms with Crippen LogP contribution in [0.1, 0.15) is 20.8 Å². The monoisotopic (exact) mass is 345 g/mol. The van der Waals surface area contributed by atoms with E-state index in [0.717, 1.165) is 0 Å². The second-order valence-corrected chi connectivity index (χ2v) is 6.62. The first-order valence-electron chi connectivity index (χ1n) is 6.34. The van der Waals surface area contributed by atoms with Crippen molar-refractivity contribution in [3.05, 3.63) is 28.5 Å². The van der Waals surface area contributed by atoms with E-state index in [4.69, 9.17) is 9.47 Å². The van der Waals surface area contributed by atoms with E-state index in [2.05, 4.69) is 15.9 Å². The molecular formula is C14H17BrFNO3. The molecule has 0 N–H and O–H groups in total. The van der Waals surface area contributed by atoms with Crippen molar-refractivity contribution in [2.75, 3.05) is 13.1 Å². The first kappa shape index (κ1) is 15.1. The van der Waals surface area contributed by atoms with E-state index in [1.54, 1.807) is 12.1 Å². The van der Waals surface area contributed by atoms with Crippen LogP contribution in [0.15, 0.2) is 22.7 Å². The summed E-state index contributed by atoms with van der Waals surface area (Å²) >= 11 is 3.19. The Labute approximate surface area is 126 Å². The zero-order chi connectivity index (χ0) is 14.9. The van der Waals surface area contributed by atoms with E-state index >= 15 is 0 Å². The lowest BCUT2D eigenvalue weighted by molar-refractivity contribution is -0.0229. The standard InChI is InChI=1S/C14H17BrFNO3/c1-14(2,3)20-13(18)17-7-10(8-17)19-12-5-4-9(15)6-11(12)16/h4-6,10H,7-8H2,1-3H3. The molecule has 0 atom stereocenters. The maximum absolute atomic E-state index is 13.6. The highest BCUT2D eigenvalue weighted by Gasteiger charge is 2.35. The predicted octanol–water partition coefficient (Wildman–Crippen LogP) is 3.59. The SMILES string of the molecule is CC(C)(C)OC(=O)N1CC(Oc2ccc(Br)cc2F)C1. The molecule has 6 heteroatoms. The van der Waals surface area contributed by atoms with Crippen LogP contribution in [0.4, 0.5) is 9.18 Å². The van der Waals surface area contributed by atoms with Crippen LogP contribution in [0, 0.1) is 5.82 Å². The molecule has 0 aliphatic carbocycles. The number of halogens is 2. The van der Waals surface area contributed by atoms with E-state index in [9.17, 15) is 9.18 Å². The van der Waals surface area contributed by atoms with Gasteiger partial charge in [0.05, 0.1) is 13.1 Å². The van der Waals surface area contributed by atoms with Gasteiger partial charge >= 0.3 is 6.09 Å². The third-order valence-corrected chi connectivity index (χ3v) is 3.18. The van der Waals surface area contributed by atoms with Crippen LogP contribution in [0.2, 0.25) is 0 Å². The van der Waals surface area contributed by atoms with Crippen LogP contribution in [0.5, 0.6) is 5.75 Å². The van der Waals surface area contributed by atoms with Crippen molar-refractivity contribution >= 4 is 22.0 Å². The van der Waals surface area contributed by atoms with Gasteiger partial charge in [0.15, 0.2) is 11.6 Å². The second-order valence-electron chi connectivity index (χ2n) is 5.70. The number of nitrogens with zero attached hydrogens (tertiary/aromatic N) is 1. The predicted molar refractivity (Wildman–Crippen MR) is 76.3 cm³/mol. The van der Waals surface area contributed by atoms with Gasteiger partial charge in [-0.25, -0.2) is 9.18 Å². The number of hydrogen-bond acceptors (Lipinski definition) is 3. The molecular weight excluding hydrogens is 329 g/mol. The highest BCUT2D eigenvalue weighted by molar-refractivity contribution is 9.10. The summed E-state index contributed by atoms with van der Waals surface area (Å²) in [5.41, 5.74) is -0.513. The Bertz CT molecular complexity index is 510. The van der Waals surface area contributed by atoms with Crippen molar-refractivity contribution in [2.24, 2.45) is 0 Å². The van der Waals surface area contributed by atoms with Crippen molar-refractivity contribution in [1.82, 2.24) is 4.90 Å². The number of carbonyl (C=O) groups is 1. The smallest absolute Gasteiger partial charge is 0.410 e. The molecule has 1 aromatic rings. The zero-order valence-corrected chi connectivity index (χ0v) is 13.2. The van der Waals surface area contributed by atoms with Gasteiger partial charge in [0.25, 0.3) is 0 Å². The van der Waals surface area contributed by atoms with Crippen LogP contribution in [-0.4, -0.2) is 35.8 Å². The summed E-state index contributed by atoms with van der Waals surface area (Å²) in [6, 6.07) is 4.62. The fourth-order valence-corrected chi connectivity index (χ4v) is 2.07. The Hall–Kier alpha value is -1.30. The number of rotatable bonds is 2. The lowest BCUT2D eigenvalue weighted by Gasteiger charge is -2.39. The van der Waals surface area contributed by atoms with Gasteiger partial charge in [-0.05, 0) is 39.0 Å². The van der Waals surface area contributed by atoms with Gasteiger partial charge in [-0.1, -0.05) is 15.9 Å². The van der Waals surface area contributed by atoms with Crippen LogP contribution in [0.25, 0.3) is 0 Å². The van der Waals surface area contributed by atoms with Gasteiger partial charge in [0.1, 0.15) is 11.7 Å². The Balaban J connectivity index is 1.83. The Kier molecular flexibility index (Phi) is 4.22. The van der Waals surface area contributed by atoms with Crippen LogP contribution < -0.4 is 4.74 Å². The van der Waals surface area contributed by atoms with E-state index in [1.165, 1.54) is 11.0 Å². The van der Waals surface area contributed by atoms with E-state index in [-0.39, 0.29) is 17.9 Å². The van der Waals surface area contributed by atoms with Crippen molar-refractivity contribution in [1.29, 1.82) is 0 Å². The maximum Gasteiger partial charge on any atom is 0.410 e. The van der Waals surface area contributed by atoms with E-state index < -0.39 is 11.4 Å². The number of ether oxygens (including phenoxy) is 2. The minimum Gasteiger partial charge on any atom is -0.484 e. The van der Waals surface area contributed by atoms with Crippen molar-refractivity contribution < 1.29 is 18.7 Å². The number of amides is 1. The molecule has 4 nitrogen and oxygen atoms in total. The normalized spacial score (nSPS) is 15.8. The average molecular weight is 346 g/mol. The van der Waals surface area contributed by atoms with Crippen LogP contribution >= 0.6 is 15.9 Å². The highest BCUT2D eigenvalue weighted by Crippen LogP contribution is 2.25. The Morgan fingerprint density at radius 3 is 2.60 bits per heavy atom. The molecule has 110 valence electrons. The number of carbonyl (C=O) groups excluding carboxylic acids is 1. The van der Waals surface area contributed by atoms with Crippen molar-refractivity contribution in [3.8, 4) is 5.75 Å². The average Bonchev–Trinajstić information content (AvgIpc) is 2.22. The summed E-state index contributed by atoms with van der Waals surface area (Å²) in [4.78, 5) is 13.3. The molecule has 1 heterocycles. The van der Waals surface area contributed by atoms with Crippen LogP contribution in [-0.2, 0) is 4.74 Å². The summed E-state index contributed by atoms with van der Waals surface area (Å²) in [5, 5.41) is 0. The molecule has 0 bridgehead atoms. The molecule has 1 aromatic carbocycles. The van der Waals surface area contributed by atoms with E-state index in [1.807, 2.05) is 20.8 Å². The summed E-state index contributed by atoms with van der Waals surface area (Å²) in [5.74, 6) is -0.225. The molecule has 0 saturated carbocycles. The molecule has 1 amide bonds. The number of benzene rings is 1. The minimum absolute atomic E-state index is 0.196. The van der Waals surface area contributed by atoms with Gasteiger partial charge in [0, 0.05) is 4.47 Å². The van der Waals surface area contributed by atoms with Crippen LogP contribution in [0.3, 0.4) is 0 Å². The lowest BCUT2D eigenvalue weighted by Crippen LogP contribution is -2.57. The Morgan fingerprint density at radius 2 is 2.05 bits per heavy atom. The first-order valence-corrected chi connectivity index (χ1v) is 7.13. The van der Waals surface area contributed by atoms with Gasteiger partial charge in [-0.2, -0.15) is 0 Å². The third-order valence-electron chi connectivity index (χ3n) is 2.69. The topological polar surface area (TPSA) is 38.8 Å². The maximum atomic E-state index is 13.6. The fraction of sp³-hybridized carbons (Fsp3) is 0.500. The largest absolute Gasteiger partial charge is 0.484 e. The van der Waals surface area contributed by atoms with Crippen molar-refractivity contribution in [3.63, 3.8) is 0 Å². The molecule has 1 fully saturated rings. The Morgan fingerprint density at radius 1 is 1.40 bits per heavy atom. The lowest BCUT2D eigenvalue weighted by atomic mass is 10.1. The summed E-state index contributed by atoms with van der Waals surface area (Å²) in [6.07, 6.45) is -0.563. The second kappa shape index (κ2) is 5.60. The van der Waals surface area contributed by atoms with Gasteiger partial charge < -0.3 is 14.4 Å².